The Labute approximate surface area is 345 Å². The van der Waals surface area contributed by atoms with Gasteiger partial charge in [-0.25, -0.2) is 0 Å². The molecule has 16 atom stereocenters. The molecule has 55 heavy (non-hydrogen) atoms. The van der Waals surface area contributed by atoms with Crippen molar-refractivity contribution in [1.82, 2.24) is 10.6 Å². The van der Waals surface area contributed by atoms with Crippen molar-refractivity contribution in [2.75, 3.05) is 13.1 Å². The molecule has 2 nitrogen and oxygen atoms in total. The van der Waals surface area contributed by atoms with Crippen LogP contribution in [0.1, 0.15) is 207 Å². The molecule has 320 valence electrons. The number of hydrogen-bond donors (Lipinski definition) is 2. The molecule has 8 rings (SSSR count). The first-order chi connectivity index (χ1) is 24.5. The molecule has 0 bridgehead atoms. The summed E-state index contributed by atoms with van der Waals surface area (Å²) in [6, 6.07) is 1.46. The van der Waals surface area contributed by atoms with E-state index in [1.54, 1.807) is 0 Å². The van der Waals surface area contributed by atoms with E-state index in [9.17, 15) is 0 Å². The van der Waals surface area contributed by atoms with Gasteiger partial charge in [0.15, 0.2) is 0 Å². The molecule has 0 saturated heterocycles. The van der Waals surface area contributed by atoms with Gasteiger partial charge >= 0.3 is 0 Å². The molecule has 6 fully saturated rings. The van der Waals surface area contributed by atoms with Crippen LogP contribution in [-0.2, 0) is 0 Å². The normalized spacial score (nSPS) is 46.4. The Morgan fingerprint density at radius 2 is 0.945 bits per heavy atom. The lowest BCUT2D eigenvalue weighted by Crippen LogP contribution is -2.52. The number of hydrogen-bond acceptors (Lipinski definition) is 2. The fourth-order valence-electron chi connectivity index (χ4n) is 17.2. The van der Waals surface area contributed by atoms with Gasteiger partial charge in [-0.05, 0) is 216 Å². The highest BCUT2D eigenvalue weighted by atomic mass is 14.9. The summed E-state index contributed by atoms with van der Waals surface area (Å²) in [6.45, 7) is 23.5. The summed E-state index contributed by atoms with van der Waals surface area (Å²) < 4.78 is 0. The minimum Gasteiger partial charge on any atom is -0.314 e. The van der Waals surface area contributed by atoms with Crippen LogP contribution in [0.15, 0.2) is 23.3 Å². The van der Waals surface area contributed by atoms with Gasteiger partial charge in [0, 0.05) is 12.1 Å². The zero-order valence-electron chi connectivity index (χ0n) is 34.9. The van der Waals surface area contributed by atoms with Crippen molar-refractivity contribution in [2.45, 2.75) is 219 Å². The zero-order valence-corrected chi connectivity index (χ0v) is 34.9. The molecule has 0 heterocycles. The largest absolute Gasteiger partial charge is 0.314 e. The molecular formula is C53H98N2. The molecule has 2 N–H and O–H groups in total. The van der Waals surface area contributed by atoms with Crippen molar-refractivity contribution in [1.29, 1.82) is 0 Å². The third kappa shape index (κ3) is 7.70. The van der Waals surface area contributed by atoms with Crippen molar-refractivity contribution >= 4 is 0 Å². The number of fused-ring (bicyclic) bond motifs is 10. The van der Waals surface area contributed by atoms with Gasteiger partial charge in [-0.15, -0.1) is 0 Å². The van der Waals surface area contributed by atoms with Crippen LogP contribution >= 0.6 is 0 Å². The predicted octanol–water partition coefficient (Wildman–Crippen LogP) is 15.1. The lowest BCUT2D eigenvalue weighted by molar-refractivity contribution is -0.0608. The van der Waals surface area contributed by atoms with E-state index in [1.165, 1.54) is 135 Å². The van der Waals surface area contributed by atoms with Crippen molar-refractivity contribution < 1.29 is 0 Å². The Morgan fingerprint density at radius 1 is 0.545 bits per heavy atom. The third-order valence-corrected chi connectivity index (χ3v) is 19.8. The summed E-state index contributed by atoms with van der Waals surface area (Å²) in [4.78, 5) is 0. The summed E-state index contributed by atoms with van der Waals surface area (Å²) in [6.07, 6.45) is 32.8. The van der Waals surface area contributed by atoms with Crippen LogP contribution in [0.4, 0.5) is 0 Å². The maximum atomic E-state index is 3.89. The topological polar surface area (TPSA) is 24.1 Å². The van der Waals surface area contributed by atoms with Crippen LogP contribution < -0.4 is 10.6 Å². The van der Waals surface area contributed by atoms with Crippen LogP contribution in [0.2, 0.25) is 0 Å². The van der Waals surface area contributed by atoms with Gasteiger partial charge in [0.05, 0.1) is 0 Å². The molecule has 0 aromatic heterocycles. The van der Waals surface area contributed by atoms with Crippen LogP contribution in [0.5, 0.6) is 0 Å². The van der Waals surface area contributed by atoms with Gasteiger partial charge in [-0.2, -0.15) is 0 Å². The SMILES string of the molecule is C.C.C.C.CCCN[C@H]1CCC2(C)C(=CC[C@@H]3C2CCC2(C)C([C@H](C)C[C@@H](C)C4CC[C@H]5[C@H]6CC=C7C[C@@H](NCCC)CCC7(C)C6CCC45C)CC[C@@H]32)C1. The first-order valence-corrected chi connectivity index (χ1v) is 23.3. The second kappa shape index (κ2) is 17.9. The smallest absolute Gasteiger partial charge is 0.0105 e. The third-order valence-electron chi connectivity index (χ3n) is 19.8. The first kappa shape index (κ1) is 47.1. The molecule has 6 saturated carbocycles. The summed E-state index contributed by atoms with van der Waals surface area (Å²) in [5.41, 5.74) is 5.83. The Morgan fingerprint density at radius 3 is 1.33 bits per heavy atom. The maximum absolute atomic E-state index is 3.89. The van der Waals surface area contributed by atoms with Crippen molar-refractivity contribution in [3.8, 4) is 0 Å². The molecule has 0 amide bonds. The summed E-state index contributed by atoms with van der Waals surface area (Å²) in [7, 11) is 0. The fourth-order valence-corrected chi connectivity index (χ4v) is 17.2. The number of rotatable bonds is 10. The van der Waals surface area contributed by atoms with E-state index >= 15 is 0 Å². The molecule has 0 aromatic rings. The lowest BCUT2D eigenvalue weighted by Gasteiger charge is -2.59. The highest BCUT2D eigenvalue weighted by Gasteiger charge is 2.61. The number of allylic oxidation sites excluding steroid dienone is 2. The fraction of sp³-hybridized carbons (Fsp3) is 0.925. The molecule has 0 radical (unpaired) electrons. The van der Waals surface area contributed by atoms with Crippen LogP contribution in [0.25, 0.3) is 0 Å². The minimum absolute atomic E-state index is 0. The summed E-state index contributed by atoms with van der Waals surface area (Å²) in [5.74, 6) is 9.39. The van der Waals surface area contributed by atoms with E-state index in [2.05, 4.69) is 78.2 Å². The average Bonchev–Trinajstić information content (AvgIpc) is 3.66. The van der Waals surface area contributed by atoms with E-state index in [1.807, 2.05) is 11.1 Å². The number of nitrogens with one attached hydrogen (secondary N) is 2. The van der Waals surface area contributed by atoms with Gasteiger partial charge in [0.25, 0.3) is 0 Å². The lowest BCUT2D eigenvalue weighted by atomic mass is 9.46. The molecule has 8 aliphatic rings. The monoisotopic (exact) mass is 763 g/mol. The second-order valence-corrected chi connectivity index (χ2v) is 22.0. The van der Waals surface area contributed by atoms with Crippen LogP contribution in [0.3, 0.4) is 0 Å². The van der Waals surface area contributed by atoms with Gasteiger partial charge < -0.3 is 10.6 Å². The Bertz CT molecular complexity index is 1220. The van der Waals surface area contributed by atoms with Crippen molar-refractivity contribution in [2.24, 2.45) is 80.8 Å². The molecule has 0 spiro atoms. The van der Waals surface area contributed by atoms with E-state index in [4.69, 9.17) is 0 Å². The quantitative estimate of drug-likeness (QED) is 0.217. The predicted molar refractivity (Wildman–Crippen MR) is 244 cm³/mol. The Balaban J connectivity index is 0.00000168. The molecular weight excluding hydrogens is 665 g/mol. The molecule has 8 unspecified atom stereocenters. The van der Waals surface area contributed by atoms with E-state index in [0.29, 0.717) is 21.7 Å². The van der Waals surface area contributed by atoms with E-state index in [-0.39, 0.29) is 29.7 Å². The zero-order chi connectivity index (χ0) is 35.8. The van der Waals surface area contributed by atoms with Crippen LogP contribution in [0, 0.1) is 80.8 Å². The molecule has 8 aliphatic carbocycles. The highest BCUT2D eigenvalue weighted by molar-refractivity contribution is 5.27. The summed E-state index contributed by atoms with van der Waals surface area (Å²) in [5, 5.41) is 7.79. The standard InChI is InChI=1S/C49H82N2.4CH4/c1-9-27-50-36-19-23-46(5)34(30-36)11-13-38-42-17-15-40(48(42,7)25-21-44(38)46)32(3)29-33(4)41-16-18-43-39-14-12-35-31-37(51-28-10-2)20-24-47(35,6)45(39)22-26-49(41,43)8;;;;/h11-12,32-33,36-45,50-51H,9-10,13-31H2,1-8H3;4*1H4/t32-,33-,36+,37+,38-,39+,40?,41?,42+,43+,44?,45?,46?,47?,48?,49?;;;;/m1..../s1. The average molecular weight is 763 g/mol. The summed E-state index contributed by atoms with van der Waals surface area (Å²) >= 11 is 0. The molecule has 2 heteroatoms. The Kier molecular flexibility index (Phi) is 15.4. The molecule has 0 aromatic carbocycles. The Hall–Kier alpha value is -0.600. The van der Waals surface area contributed by atoms with Gasteiger partial charge in [0.1, 0.15) is 0 Å². The first-order valence-electron chi connectivity index (χ1n) is 23.3. The van der Waals surface area contributed by atoms with E-state index < -0.39 is 0 Å². The van der Waals surface area contributed by atoms with Gasteiger partial charge in [0.2, 0.25) is 0 Å². The van der Waals surface area contributed by atoms with E-state index in [0.717, 1.165) is 71.3 Å². The van der Waals surface area contributed by atoms with Crippen LogP contribution in [-0.4, -0.2) is 25.2 Å². The van der Waals surface area contributed by atoms with Gasteiger partial charge in [-0.3, -0.25) is 0 Å². The highest BCUT2D eigenvalue weighted by Crippen LogP contribution is 2.70. The molecule has 0 aliphatic heterocycles. The second-order valence-electron chi connectivity index (χ2n) is 22.0. The maximum Gasteiger partial charge on any atom is 0.0105 e. The van der Waals surface area contributed by atoms with Gasteiger partial charge in [-0.1, -0.05) is 108 Å². The van der Waals surface area contributed by atoms with Crippen molar-refractivity contribution in [3.05, 3.63) is 23.3 Å². The van der Waals surface area contributed by atoms with Crippen molar-refractivity contribution in [3.63, 3.8) is 0 Å². The minimum atomic E-state index is 0.